The summed E-state index contributed by atoms with van der Waals surface area (Å²) in [7, 11) is 1.27. The molecule has 0 unspecified atom stereocenters. The normalized spacial score (nSPS) is 17.2. The van der Waals surface area contributed by atoms with Gasteiger partial charge in [0.25, 0.3) is 5.91 Å². The fourth-order valence-electron chi connectivity index (χ4n) is 2.75. The molecule has 2 N–H and O–H groups in total. The van der Waals surface area contributed by atoms with Gasteiger partial charge in [0, 0.05) is 47.0 Å². The third-order valence-corrected chi connectivity index (χ3v) is 6.14. The van der Waals surface area contributed by atoms with Gasteiger partial charge in [0.2, 0.25) is 15.9 Å². The maximum absolute atomic E-state index is 12.8. The van der Waals surface area contributed by atoms with Crippen LogP contribution >= 0.6 is 0 Å². The molecular weight excluding hydrogens is 346 g/mol. The number of likely N-dealkylation sites (N-methyl/N-ethyl adjacent to an activating group) is 1. The molecule has 9 nitrogen and oxygen atoms in total. The van der Waals surface area contributed by atoms with E-state index in [0.29, 0.717) is 32.6 Å². The molecule has 2 heterocycles. The summed E-state index contributed by atoms with van der Waals surface area (Å²) in [4.78, 5) is 26.7. The molecular formula is C15H25N5O4S. The van der Waals surface area contributed by atoms with Crippen LogP contribution in [0.3, 0.4) is 0 Å². The van der Waals surface area contributed by atoms with Gasteiger partial charge in [-0.25, -0.2) is 8.42 Å². The molecule has 25 heavy (non-hydrogen) atoms. The molecule has 0 spiro atoms. The SMILES string of the molecule is CN(C)C(=O)CN1CCCN(S(=O)(=O)c2cc(C(N)=O)n(C)c2)CC1. The number of hydrogen-bond donors (Lipinski definition) is 1. The second-order valence-electron chi connectivity index (χ2n) is 6.36. The number of primary amides is 1. The van der Waals surface area contributed by atoms with Crippen LogP contribution < -0.4 is 5.73 Å². The smallest absolute Gasteiger partial charge is 0.265 e. The predicted octanol–water partition coefficient (Wildman–Crippen LogP) is -1.09. The Morgan fingerprint density at radius 2 is 1.88 bits per heavy atom. The van der Waals surface area contributed by atoms with Gasteiger partial charge in [0.15, 0.2) is 0 Å². The largest absolute Gasteiger partial charge is 0.364 e. The van der Waals surface area contributed by atoms with Crippen LogP contribution in [0.2, 0.25) is 0 Å². The van der Waals surface area contributed by atoms with E-state index in [-0.39, 0.29) is 23.0 Å². The van der Waals surface area contributed by atoms with Crippen LogP contribution in [0.5, 0.6) is 0 Å². The molecule has 0 aliphatic carbocycles. The molecule has 10 heteroatoms. The van der Waals surface area contributed by atoms with Gasteiger partial charge in [-0.05, 0) is 19.0 Å². The Morgan fingerprint density at radius 3 is 2.44 bits per heavy atom. The molecule has 0 radical (unpaired) electrons. The lowest BCUT2D eigenvalue weighted by molar-refractivity contribution is -0.129. The number of carbonyl (C=O) groups excluding carboxylic acids is 2. The lowest BCUT2D eigenvalue weighted by atomic mass is 10.4. The van der Waals surface area contributed by atoms with Crippen LogP contribution in [0.4, 0.5) is 0 Å². The van der Waals surface area contributed by atoms with Crippen LogP contribution in [0.25, 0.3) is 0 Å². The summed E-state index contributed by atoms with van der Waals surface area (Å²) in [5, 5.41) is 0. The summed E-state index contributed by atoms with van der Waals surface area (Å²) < 4.78 is 28.5. The zero-order chi connectivity index (χ0) is 18.8. The first-order chi connectivity index (χ1) is 11.6. The predicted molar refractivity (Wildman–Crippen MR) is 92.4 cm³/mol. The van der Waals surface area contributed by atoms with Crippen molar-refractivity contribution in [1.82, 2.24) is 18.7 Å². The summed E-state index contributed by atoms with van der Waals surface area (Å²) in [6, 6.07) is 1.30. The number of nitrogens with two attached hydrogens (primary N) is 1. The van der Waals surface area contributed by atoms with Gasteiger partial charge in [-0.15, -0.1) is 0 Å². The van der Waals surface area contributed by atoms with Gasteiger partial charge in [0.05, 0.1) is 6.54 Å². The first-order valence-corrected chi connectivity index (χ1v) is 9.45. The van der Waals surface area contributed by atoms with E-state index in [1.165, 1.54) is 26.0 Å². The van der Waals surface area contributed by atoms with Crippen molar-refractivity contribution in [3.05, 3.63) is 18.0 Å². The number of aromatic nitrogens is 1. The van der Waals surface area contributed by atoms with E-state index >= 15 is 0 Å². The molecule has 1 saturated heterocycles. The summed E-state index contributed by atoms with van der Waals surface area (Å²) >= 11 is 0. The van der Waals surface area contributed by atoms with E-state index in [9.17, 15) is 18.0 Å². The monoisotopic (exact) mass is 371 g/mol. The number of rotatable bonds is 5. The molecule has 0 aromatic carbocycles. The highest BCUT2D eigenvalue weighted by Crippen LogP contribution is 2.20. The number of amides is 2. The zero-order valence-corrected chi connectivity index (χ0v) is 15.6. The average molecular weight is 371 g/mol. The van der Waals surface area contributed by atoms with Crippen molar-refractivity contribution in [3.63, 3.8) is 0 Å². The fraction of sp³-hybridized carbons (Fsp3) is 0.600. The molecule has 2 amide bonds. The lowest BCUT2D eigenvalue weighted by Gasteiger charge is -2.22. The molecule has 140 valence electrons. The number of nitrogens with zero attached hydrogens (tertiary/aromatic N) is 4. The molecule has 1 aromatic heterocycles. The number of aryl methyl sites for hydroxylation is 1. The topological polar surface area (TPSA) is 109 Å². The standard InChI is InChI=1S/C15H25N5O4S/c1-17(2)14(21)11-19-5-4-6-20(8-7-19)25(23,24)12-9-13(15(16)22)18(3)10-12/h9-10H,4-8,11H2,1-3H3,(H2,16,22). The van der Waals surface area contributed by atoms with Crippen LogP contribution in [0.15, 0.2) is 17.2 Å². The average Bonchev–Trinajstić information content (AvgIpc) is 2.77. The Labute approximate surface area is 148 Å². The maximum Gasteiger partial charge on any atom is 0.265 e. The van der Waals surface area contributed by atoms with Gasteiger partial charge in [-0.2, -0.15) is 4.31 Å². The first kappa shape index (κ1) is 19.4. The van der Waals surface area contributed by atoms with Crippen molar-refractivity contribution >= 4 is 21.8 Å². The van der Waals surface area contributed by atoms with E-state index in [1.54, 1.807) is 21.1 Å². The minimum Gasteiger partial charge on any atom is -0.364 e. The van der Waals surface area contributed by atoms with Crippen molar-refractivity contribution < 1.29 is 18.0 Å². The minimum absolute atomic E-state index is 0.00883. The van der Waals surface area contributed by atoms with Crippen molar-refractivity contribution in [2.24, 2.45) is 12.8 Å². The fourth-order valence-corrected chi connectivity index (χ4v) is 4.29. The highest BCUT2D eigenvalue weighted by atomic mass is 32.2. The lowest BCUT2D eigenvalue weighted by Crippen LogP contribution is -2.39. The molecule has 1 aliphatic heterocycles. The van der Waals surface area contributed by atoms with Gasteiger partial charge < -0.3 is 15.2 Å². The Hall–Kier alpha value is -1.91. The number of hydrogen-bond acceptors (Lipinski definition) is 5. The van der Waals surface area contributed by atoms with Crippen molar-refractivity contribution in [2.45, 2.75) is 11.3 Å². The van der Waals surface area contributed by atoms with Crippen molar-refractivity contribution in [3.8, 4) is 0 Å². The summed E-state index contributed by atoms with van der Waals surface area (Å²) in [6.07, 6.45) is 2.03. The van der Waals surface area contributed by atoms with Gasteiger partial charge in [0.1, 0.15) is 10.6 Å². The van der Waals surface area contributed by atoms with Crippen molar-refractivity contribution in [1.29, 1.82) is 0 Å². The molecule has 1 aliphatic rings. The Kier molecular flexibility index (Phi) is 5.86. The van der Waals surface area contributed by atoms with Crippen LogP contribution in [0.1, 0.15) is 16.9 Å². The molecule has 1 fully saturated rings. The molecule has 2 rings (SSSR count). The summed E-state index contributed by atoms with van der Waals surface area (Å²) in [6.45, 7) is 2.08. The maximum atomic E-state index is 12.8. The zero-order valence-electron chi connectivity index (χ0n) is 14.8. The van der Waals surface area contributed by atoms with Gasteiger partial charge in [-0.3, -0.25) is 14.5 Å². The van der Waals surface area contributed by atoms with E-state index < -0.39 is 15.9 Å². The number of carbonyl (C=O) groups is 2. The second-order valence-corrected chi connectivity index (χ2v) is 8.30. The van der Waals surface area contributed by atoms with Crippen LogP contribution in [0, 0.1) is 0 Å². The van der Waals surface area contributed by atoms with Gasteiger partial charge >= 0.3 is 0 Å². The van der Waals surface area contributed by atoms with Crippen LogP contribution in [-0.4, -0.2) is 85.7 Å². The third kappa shape index (κ3) is 4.39. The van der Waals surface area contributed by atoms with E-state index in [1.807, 2.05) is 4.90 Å². The first-order valence-electron chi connectivity index (χ1n) is 8.01. The molecule has 0 bridgehead atoms. The highest BCUT2D eigenvalue weighted by molar-refractivity contribution is 7.89. The molecule has 0 saturated carbocycles. The third-order valence-electron chi connectivity index (χ3n) is 4.28. The van der Waals surface area contributed by atoms with E-state index in [4.69, 9.17) is 5.73 Å². The quantitative estimate of drug-likeness (QED) is 0.707. The van der Waals surface area contributed by atoms with Crippen LogP contribution in [-0.2, 0) is 21.9 Å². The molecule has 1 aromatic rings. The van der Waals surface area contributed by atoms with E-state index in [0.717, 1.165) is 0 Å². The Morgan fingerprint density at radius 1 is 1.20 bits per heavy atom. The van der Waals surface area contributed by atoms with Gasteiger partial charge in [-0.1, -0.05) is 0 Å². The minimum atomic E-state index is -3.71. The van der Waals surface area contributed by atoms with E-state index in [2.05, 4.69) is 0 Å². The highest BCUT2D eigenvalue weighted by Gasteiger charge is 2.29. The summed E-state index contributed by atoms with van der Waals surface area (Å²) in [5.74, 6) is -0.682. The van der Waals surface area contributed by atoms with Crippen molar-refractivity contribution in [2.75, 3.05) is 46.8 Å². The Bertz CT molecular complexity index is 756. The molecule has 0 atom stereocenters. The second kappa shape index (κ2) is 7.54. The summed E-state index contributed by atoms with van der Waals surface area (Å²) in [5.41, 5.74) is 5.40. The number of sulfonamides is 1. The Balaban J connectivity index is 2.12.